The molecule has 7 heteroatoms. The van der Waals surface area contributed by atoms with Crippen molar-refractivity contribution in [2.75, 3.05) is 13.2 Å². The maximum Gasteiger partial charge on any atom is 0.405 e. The molecule has 0 heterocycles. The summed E-state index contributed by atoms with van der Waals surface area (Å²) in [6.45, 7) is -1.01. The molecule has 0 radical (unpaired) electrons. The van der Waals surface area contributed by atoms with E-state index in [2.05, 4.69) is 5.32 Å². The van der Waals surface area contributed by atoms with Crippen LogP contribution in [0.2, 0.25) is 0 Å². The average Bonchev–Trinajstić information content (AvgIpc) is 3.25. The van der Waals surface area contributed by atoms with E-state index in [0.717, 1.165) is 12.1 Å². The number of alkyl halides is 3. The molecule has 0 bridgehead atoms. The van der Waals surface area contributed by atoms with E-state index in [1.165, 1.54) is 12.8 Å². The maximum atomic E-state index is 11.9. The van der Waals surface area contributed by atoms with E-state index >= 15 is 0 Å². The van der Waals surface area contributed by atoms with Gasteiger partial charge < -0.3 is 15.4 Å². The molecule has 2 N–H and O–H groups in total. The van der Waals surface area contributed by atoms with Gasteiger partial charge in [0.15, 0.2) is 6.61 Å². The molecular weight excluding hydrogens is 285 g/mol. The Kier molecular flexibility index (Phi) is 5.06. The molecule has 0 atom stereocenters. The first-order chi connectivity index (χ1) is 9.92. The Morgan fingerprint density at radius 3 is 2.48 bits per heavy atom. The van der Waals surface area contributed by atoms with Crippen LogP contribution in [0.25, 0.3) is 0 Å². The van der Waals surface area contributed by atoms with Gasteiger partial charge in [-0.1, -0.05) is 12.1 Å². The number of amides is 1. The zero-order valence-electron chi connectivity index (χ0n) is 11.4. The summed E-state index contributed by atoms with van der Waals surface area (Å²) in [6, 6.07) is 7.73. The fourth-order valence-electron chi connectivity index (χ4n) is 1.65. The summed E-state index contributed by atoms with van der Waals surface area (Å²) in [5.74, 6) is -0.348. The van der Waals surface area contributed by atoms with Gasteiger partial charge in [0.1, 0.15) is 12.3 Å². The number of ether oxygens (including phenoxy) is 1. The van der Waals surface area contributed by atoms with Crippen molar-refractivity contribution in [3.8, 4) is 5.75 Å². The minimum absolute atomic E-state index is 0.435. The number of carbonyl (C=O) groups is 1. The molecule has 0 aliphatic heterocycles. The lowest BCUT2D eigenvalue weighted by atomic mass is 10.2. The number of halogens is 3. The Morgan fingerprint density at radius 1 is 1.24 bits per heavy atom. The summed E-state index contributed by atoms with van der Waals surface area (Å²) >= 11 is 0. The second-order valence-corrected chi connectivity index (χ2v) is 4.98. The van der Waals surface area contributed by atoms with E-state index in [1.54, 1.807) is 17.4 Å². The molecule has 1 aromatic carbocycles. The molecule has 1 aliphatic rings. The molecular formula is C14H17F3N2O2. The van der Waals surface area contributed by atoms with Gasteiger partial charge in [0, 0.05) is 12.6 Å². The van der Waals surface area contributed by atoms with Crippen LogP contribution in [0.5, 0.6) is 5.75 Å². The van der Waals surface area contributed by atoms with Crippen LogP contribution in [0.4, 0.5) is 13.2 Å². The number of carbonyl (C=O) groups excluding carboxylic acids is 1. The third kappa shape index (κ3) is 6.48. The predicted molar refractivity (Wildman–Crippen MR) is 70.9 cm³/mol. The molecule has 1 amide bonds. The smallest absolute Gasteiger partial charge is 0.405 e. The highest BCUT2D eigenvalue weighted by molar-refractivity contribution is 5.77. The Balaban J connectivity index is 1.68. The Morgan fingerprint density at radius 2 is 1.90 bits per heavy atom. The fourth-order valence-corrected chi connectivity index (χ4v) is 1.65. The summed E-state index contributed by atoms with van der Waals surface area (Å²) in [7, 11) is 0. The molecule has 4 nitrogen and oxygen atoms in total. The van der Waals surface area contributed by atoms with Crippen LogP contribution < -0.4 is 15.4 Å². The Bertz CT molecular complexity index is 470. The van der Waals surface area contributed by atoms with Gasteiger partial charge in [0.2, 0.25) is 0 Å². The van der Waals surface area contributed by atoms with Crippen LogP contribution in [0.1, 0.15) is 18.4 Å². The first kappa shape index (κ1) is 15.6. The zero-order valence-corrected chi connectivity index (χ0v) is 11.4. The highest BCUT2D eigenvalue weighted by Gasteiger charge is 2.27. The molecule has 1 saturated carbocycles. The van der Waals surface area contributed by atoms with E-state index < -0.39 is 25.2 Å². The van der Waals surface area contributed by atoms with Crippen LogP contribution >= 0.6 is 0 Å². The lowest BCUT2D eigenvalue weighted by Crippen LogP contribution is -2.36. The molecule has 21 heavy (non-hydrogen) atoms. The van der Waals surface area contributed by atoms with E-state index in [4.69, 9.17) is 4.74 Å². The lowest BCUT2D eigenvalue weighted by Gasteiger charge is -2.10. The Hall–Kier alpha value is -1.76. The molecule has 0 aromatic heterocycles. The molecule has 0 saturated heterocycles. The highest BCUT2D eigenvalue weighted by atomic mass is 19.4. The minimum Gasteiger partial charge on any atom is -0.484 e. The summed E-state index contributed by atoms with van der Waals surface area (Å²) in [5, 5.41) is 5.11. The summed E-state index contributed by atoms with van der Waals surface area (Å²) < 4.78 is 40.8. The van der Waals surface area contributed by atoms with E-state index in [1.807, 2.05) is 12.1 Å². The maximum absolute atomic E-state index is 11.9. The van der Waals surface area contributed by atoms with Crippen LogP contribution in [0, 0.1) is 0 Å². The van der Waals surface area contributed by atoms with E-state index in [9.17, 15) is 18.0 Å². The molecule has 1 aromatic rings. The van der Waals surface area contributed by atoms with Crippen LogP contribution in [-0.2, 0) is 11.3 Å². The number of nitrogens with one attached hydrogen (secondary N) is 2. The predicted octanol–water partition coefficient (Wildman–Crippen LogP) is 2.00. The van der Waals surface area contributed by atoms with Gasteiger partial charge in [-0.25, -0.2) is 0 Å². The Labute approximate surface area is 120 Å². The van der Waals surface area contributed by atoms with Crippen molar-refractivity contribution in [2.24, 2.45) is 0 Å². The molecule has 2 rings (SSSR count). The van der Waals surface area contributed by atoms with Gasteiger partial charge in [0.05, 0.1) is 0 Å². The van der Waals surface area contributed by atoms with Crippen molar-refractivity contribution in [3.63, 3.8) is 0 Å². The van der Waals surface area contributed by atoms with Crippen LogP contribution in [0.15, 0.2) is 24.3 Å². The number of hydrogen-bond donors (Lipinski definition) is 2. The van der Waals surface area contributed by atoms with Crippen LogP contribution in [0.3, 0.4) is 0 Å². The average molecular weight is 302 g/mol. The van der Waals surface area contributed by atoms with Crippen molar-refractivity contribution in [2.45, 2.75) is 31.6 Å². The van der Waals surface area contributed by atoms with E-state index in [0.29, 0.717) is 11.8 Å². The van der Waals surface area contributed by atoms with Crippen molar-refractivity contribution in [3.05, 3.63) is 29.8 Å². The molecule has 1 fully saturated rings. The normalized spacial score (nSPS) is 14.8. The van der Waals surface area contributed by atoms with Gasteiger partial charge in [-0.05, 0) is 30.5 Å². The lowest BCUT2D eigenvalue weighted by molar-refractivity contribution is -0.139. The van der Waals surface area contributed by atoms with Crippen molar-refractivity contribution >= 4 is 5.91 Å². The second-order valence-electron chi connectivity index (χ2n) is 4.98. The van der Waals surface area contributed by atoms with Crippen molar-refractivity contribution < 1.29 is 22.7 Å². The third-order valence-electron chi connectivity index (χ3n) is 2.95. The monoisotopic (exact) mass is 302 g/mol. The zero-order chi connectivity index (χ0) is 15.3. The number of hydrogen-bond acceptors (Lipinski definition) is 3. The van der Waals surface area contributed by atoms with Gasteiger partial charge in [-0.2, -0.15) is 13.2 Å². The summed E-state index contributed by atoms with van der Waals surface area (Å²) in [6.07, 6.45) is -1.98. The first-order valence-corrected chi connectivity index (χ1v) is 6.71. The van der Waals surface area contributed by atoms with Gasteiger partial charge >= 0.3 is 6.18 Å². The largest absolute Gasteiger partial charge is 0.484 e. The SMILES string of the molecule is O=C(COc1ccc(CNC2CC2)cc1)NCC(F)(F)F. The quantitative estimate of drug-likeness (QED) is 0.810. The molecule has 1 aliphatic carbocycles. The van der Waals surface area contributed by atoms with E-state index in [-0.39, 0.29) is 0 Å². The topological polar surface area (TPSA) is 50.4 Å². The van der Waals surface area contributed by atoms with Crippen molar-refractivity contribution in [1.29, 1.82) is 0 Å². The number of rotatable bonds is 7. The minimum atomic E-state index is -4.41. The fraction of sp³-hybridized carbons (Fsp3) is 0.500. The second kappa shape index (κ2) is 6.80. The first-order valence-electron chi connectivity index (χ1n) is 6.71. The van der Waals surface area contributed by atoms with Gasteiger partial charge in [0.25, 0.3) is 5.91 Å². The highest BCUT2D eigenvalue weighted by Crippen LogP contribution is 2.20. The molecule has 116 valence electrons. The third-order valence-corrected chi connectivity index (χ3v) is 2.95. The van der Waals surface area contributed by atoms with Gasteiger partial charge in [-0.3, -0.25) is 4.79 Å². The molecule has 0 unspecified atom stereocenters. The summed E-state index contributed by atoms with van der Waals surface area (Å²) in [5.41, 5.74) is 1.09. The van der Waals surface area contributed by atoms with Crippen molar-refractivity contribution in [1.82, 2.24) is 10.6 Å². The van der Waals surface area contributed by atoms with Crippen LogP contribution in [-0.4, -0.2) is 31.3 Å². The standard InChI is InChI=1S/C14H17F3N2O2/c15-14(16,17)9-19-13(20)8-21-12-5-1-10(2-6-12)7-18-11-3-4-11/h1-2,5-6,11,18H,3-4,7-9H2,(H,19,20). The van der Waals surface area contributed by atoms with Gasteiger partial charge in [-0.15, -0.1) is 0 Å². The number of benzene rings is 1. The summed E-state index contributed by atoms with van der Waals surface area (Å²) in [4.78, 5) is 11.2. The molecule has 0 spiro atoms.